The summed E-state index contributed by atoms with van der Waals surface area (Å²) in [5, 5.41) is 20.4. The first-order chi connectivity index (χ1) is 8.56. The quantitative estimate of drug-likeness (QED) is 0.713. The Kier molecular flexibility index (Phi) is 3.38. The van der Waals surface area contributed by atoms with Gasteiger partial charge in [0.15, 0.2) is 5.76 Å². The van der Waals surface area contributed by atoms with Crippen molar-refractivity contribution in [3.05, 3.63) is 53.2 Å². The number of benzene rings is 1. The van der Waals surface area contributed by atoms with E-state index in [4.69, 9.17) is 9.62 Å². The molecule has 6 nitrogen and oxygen atoms in total. The summed E-state index contributed by atoms with van der Waals surface area (Å²) in [7, 11) is 0. The second-order valence-electron chi connectivity index (χ2n) is 3.43. The summed E-state index contributed by atoms with van der Waals surface area (Å²) in [5.41, 5.74) is 0.384. The number of quaternary nitrogens is 1. The van der Waals surface area contributed by atoms with Crippen molar-refractivity contribution in [2.45, 2.75) is 0 Å². The van der Waals surface area contributed by atoms with Gasteiger partial charge in [-0.2, -0.15) is 5.23 Å². The minimum absolute atomic E-state index is 0.128. The number of hydrogen-bond acceptors (Lipinski definition) is 4. The van der Waals surface area contributed by atoms with Crippen LogP contribution in [-0.4, -0.2) is 11.1 Å². The van der Waals surface area contributed by atoms with Gasteiger partial charge in [0.1, 0.15) is 5.82 Å². The van der Waals surface area contributed by atoms with E-state index in [2.05, 4.69) is 5.32 Å². The molecule has 1 amide bonds. The van der Waals surface area contributed by atoms with Crippen LogP contribution in [0.5, 0.6) is 0 Å². The van der Waals surface area contributed by atoms with E-state index in [1.54, 1.807) is 0 Å². The van der Waals surface area contributed by atoms with Crippen LogP contribution < -0.4 is 10.5 Å². The van der Waals surface area contributed by atoms with Gasteiger partial charge in [0.2, 0.25) is 0 Å². The number of carbonyl (C=O) groups excluding carboxylic acids is 1. The van der Waals surface area contributed by atoms with Crippen molar-refractivity contribution in [1.82, 2.24) is 0 Å². The summed E-state index contributed by atoms with van der Waals surface area (Å²) < 4.78 is 17.5. The number of halogens is 1. The minimum Gasteiger partial charge on any atom is -0.592 e. The van der Waals surface area contributed by atoms with Crippen LogP contribution in [0.15, 0.2) is 40.8 Å². The Morgan fingerprint density at radius 2 is 1.94 bits per heavy atom. The number of furan rings is 1. The lowest BCUT2D eigenvalue weighted by molar-refractivity contribution is -0.997. The maximum Gasteiger partial charge on any atom is 0.329 e. The molecule has 2 aromatic rings. The lowest BCUT2D eigenvalue weighted by atomic mass is 10.3. The van der Waals surface area contributed by atoms with Crippen LogP contribution in [0.25, 0.3) is 0 Å². The number of nitrogens with one attached hydrogen (secondary N) is 2. The molecule has 0 fully saturated rings. The molecule has 0 bridgehead atoms. The third kappa shape index (κ3) is 2.72. The fourth-order valence-corrected chi connectivity index (χ4v) is 1.30. The molecular weight excluding hydrogens is 243 g/mol. The standard InChI is InChI=1S/C11H9FN2O4/c12-7-1-3-8(4-2-7)13-11(15)9-5-6-10(18-9)14(16)17/h1-6,14,16H,(H,13,15). The molecule has 1 aromatic carbocycles. The highest BCUT2D eigenvalue weighted by Gasteiger charge is 2.14. The van der Waals surface area contributed by atoms with Gasteiger partial charge in [-0.1, -0.05) is 0 Å². The van der Waals surface area contributed by atoms with Crippen molar-refractivity contribution in [2.75, 3.05) is 5.32 Å². The molecule has 0 aliphatic heterocycles. The molecule has 94 valence electrons. The fourth-order valence-electron chi connectivity index (χ4n) is 1.30. The van der Waals surface area contributed by atoms with Crippen LogP contribution >= 0.6 is 0 Å². The number of carbonyl (C=O) groups is 1. The normalized spacial score (nSPS) is 12.2. The molecule has 0 aliphatic carbocycles. The molecule has 1 unspecified atom stereocenters. The van der Waals surface area contributed by atoms with E-state index in [0.717, 1.165) is 0 Å². The Bertz CT molecular complexity index is 550. The predicted octanol–water partition coefficient (Wildman–Crippen LogP) is 1.07. The fraction of sp³-hybridized carbons (Fsp3) is 0. The molecule has 3 N–H and O–H groups in total. The molecule has 0 aliphatic rings. The van der Waals surface area contributed by atoms with Crippen LogP contribution in [0, 0.1) is 11.0 Å². The monoisotopic (exact) mass is 252 g/mol. The number of anilines is 1. The Labute approximate surface area is 101 Å². The van der Waals surface area contributed by atoms with Crippen molar-refractivity contribution in [3.8, 4) is 0 Å². The van der Waals surface area contributed by atoms with Crippen LogP contribution in [0.3, 0.4) is 0 Å². The van der Waals surface area contributed by atoms with Gasteiger partial charge in [-0.05, 0) is 30.3 Å². The summed E-state index contributed by atoms with van der Waals surface area (Å²) in [6.07, 6.45) is 0. The summed E-state index contributed by atoms with van der Waals surface area (Å²) in [6, 6.07) is 7.59. The topological polar surface area (TPSA) is 90.0 Å². The van der Waals surface area contributed by atoms with E-state index in [9.17, 15) is 14.4 Å². The van der Waals surface area contributed by atoms with E-state index >= 15 is 0 Å². The highest BCUT2D eigenvalue weighted by atomic mass is 19.1. The van der Waals surface area contributed by atoms with Crippen LogP contribution in [0.1, 0.15) is 10.6 Å². The first kappa shape index (κ1) is 12.2. The highest BCUT2D eigenvalue weighted by Crippen LogP contribution is 2.13. The van der Waals surface area contributed by atoms with Crippen molar-refractivity contribution in [2.24, 2.45) is 0 Å². The average Bonchev–Trinajstić information content (AvgIpc) is 2.81. The van der Waals surface area contributed by atoms with Gasteiger partial charge in [0.05, 0.1) is 0 Å². The van der Waals surface area contributed by atoms with E-state index < -0.39 is 17.0 Å². The van der Waals surface area contributed by atoms with Gasteiger partial charge in [0.25, 0.3) is 5.91 Å². The smallest absolute Gasteiger partial charge is 0.329 e. The Morgan fingerprint density at radius 3 is 2.50 bits per heavy atom. The first-order valence-corrected chi connectivity index (χ1v) is 4.96. The van der Waals surface area contributed by atoms with E-state index in [1.807, 2.05) is 0 Å². The minimum atomic E-state index is -1.25. The van der Waals surface area contributed by atoms with Gasteiger partial charge in [-0.25, -0.2) is 9.60 Å². The van der Waals surface area contributed by atoms with Crippen LogP contribution in [-0.2, 0) is 0 Å². The van der Waals surface area contributed by atoms with Crippen molar-refractivity contribution in [3.63, 3.8) is 0 Å². The van der Waals surface area contributed by atoms with Crippen LogP contribution in [0.2, 0.25) is 0 Å². The zero-order valence-electron chi connectivity index (χ0n) is 9.01. The number of amides is 1. The molecule has 0 radical (unpaired) electrons. The van der Waals surface area contributed by atoms with E-state index in [-0.39, 0.29) is 11.6 Å². The van der Waals surface area contributed by atoms with Crippen molar-refractivity contribution in [1.29, 1.82) is 0 Å². The van der Waals surface area contributed by atoms with Crippen LogP contribution in [0.4, 0.5) is 16.0 Å². The molecular formula is C11H9FN2O4. The lowest BCUT2D eigenvalue weighted by Gasteiger charge is -2.06. The largest absolute Gasteiger partial charge is 0.592 e. The SMILES string of the molecule is O=C(Nc1ccc(F)cc1)c1ccc([NH+]([O-])O)o1. The van der Waals surface area contributed by atoms with Gasteiger partial charge >= 0.3 is 5.88 Å². The Balaban J connectivity index is 2.09. The van der Waals surface area contributed by atoms with Crippen molar-refractivity contribution >= 4 is 17.5 Å². The summed E-state index contributed by atoms with van der Waals surface area (Å²) in [5.74, 6) is -1.47. The summed E-state index contributed by atoms with van der Waals surface area (Å²) in [6.45, 7) is 0. The molecule has 1 atom stereocenters. The maximum absolute atomic E-state index is 12.6. The molecule has 0 saturated carbocycles. The molecule has 18 heavy (non-hydrogen) atoms. The van der Waals surface area contributed by atoms with Gasteiger partial charge in [0, 0.05) is 11.8 Å². The van der Waals surface area contributed by atoms with Gasteiger partial charge < -0.3 is 14.9 Å². The maximum atomic E-state index is 12.6. The second kappa shape index (κ2) is 4.96. The zero-order chi connectivity index (χ0) is 13.1. The third-order valence-corrected chi connectivity index (χ3v) is 2.14. The van der Waals surface area contributed by atoms with Gasteiger partial charge in [-0.15, -0.1) is 0 Å². The average molecular weight is 252 g/mol. The van der Waals surface area contributed by atoms with E-state index in [1.165, 1.54) is 36.4 Å². The first-order valence-electron chi connectivity index (χ1n) is 4.96. The second-order valence-corrected chi connectivity index (χ2v) is 3.43. The lowest BCUT2D eigenvalue weighted by Crippen LogP contribution is -2.99. The van der Waals surface area contributed by atoms with Gasteiger partial charge in [-0.3, -0.25) is 4.79 Å². The highest BCUT2D eigenvalue weighted by molar-refractivity contribution is 6.02. The molecule has 1 heterocycles. The number of hydrogen-bond donors (Lipinski definition) is 3. The Morgan fingerprint density at radius 1 is 1.28 bits per heavy atom. The molecule has 2 rings (SSSR count). The Hall–Kier alpha value is -2.22. The molecule has 0 spiro atoms. The third-order valence-electron chi connectivity index (χ3n) is 2.14. The van der Waals surface area contributed by atoms with E-state index in [0.29, 0.717) is 5.69 Å². The molecule has 0 saturated heterocycles. The summed E-state index contributed by atoms with van der Waals surface area (Å²) in [4.78, 5) is 11.6. The zero-order valence-corrected chi connectivity index (χ0v) is 9.01. The molecule has 1 aromatic heterocycles. The number of rotatable bonds is 3. The predicted molar refractivity (Wildman–Crippen MR) is 58.8 cm³/mol. The summed E-state index contributed by atoms with van der Waals surface area (Å²) >= 11 is 0. The van der Waals surface area contributed by atoms with Crippen molar-refractivity contribution < 1.29 is 24.0 Å². The molecule has 7 heteroatoms.